The van der Waals surface area contributed by atoms with Gasteiger partial charge >= 0.3 is 0 Å². The number of methoxy groups -OCH3 is 1. The van der Waals surface area contributed by atoms with Crippen LogP contribution in [0.4, 0.5) is 5.95 Å². The summed E-state index contributed by atoms with van der Waals surface area (Å²) in [5.74, 6) is -0.0208. The first-order valence-corrected chi connectivity index (χ1v) is 8.73. The predicted octanol–water partition coefficient (Wildman–Crippen LogP) is 0.182. The van der Waals surface area contributed by atoms with E-state index in [1.807, 2.05) is 0 Å². The molecule has 0 saturated carbocycles. The van der Waals surface area contributed by atoms with Crippen molar-refractivity contribution >= 4 is 17.1 Å². The van der Waals surface area contributed by atoms with Crippen LogP contribution in [0, 0.1) is 0 Å². The highest BCUT2D eigenvalue weighted by molar-refractivity contribution is 5.70. The molecule has 0 aromatic carbocycles. The monoisotopic (exact) mass is 367 g/mol. The van der Waals surface area contributed by atoms with Gasteiger partial charge in [0.2, 0.25) is 5.95 Å². The van der Waals surface area contributed by atoms with Crippen molar-refractivity contribution in [3.05, 3.63) is 16.7 Å². The number of unbranched alkanes of at least 4 members (excludes halogenated alkanes) is 2. The molecular weight excluding hydrogens is 342 g/mol. The van der Waals surface area contributed by atoms with Gasteiger partial charge in [0.15, 0.2) is 17.4 Å². The average Bonchev–Trinajstić information content (AvgIpc) is 3.16. The molecule has 0 amide bonds. The van der Waals surface area contributed by atoms with E-state index in [9.17, 15) is 9.90 Å². The van der Waals surface area contributed by atoms with Crippen LogP contribution < -0.4 is 11.3 Å². The van der Waals surface area contributed by atoms with Gasteiger partial charge in [0.05, 0.1) is 12.9 Å². The number of aromatic amines is 1. The molecule has 0 radical (unpaired) electrons. The number of ether oxygens (including phenoxy) is 3. The number of aliphatic hydroxyl groups is 1. The van der Waals surface area contributed by atoms with Gasteiger partial charge < -0.3 is 25.1 Å². The molecule has 1 aliphatic heterocycles. The normalized spacial score (nSPS) is 26.0. The number of nitrogens with two attached hydrogens (primary N) is 1. The van der Waals surface area contributed by atoms with Crippen molar-refractivity contribution in [3.8, 4) is 0 Å². The SMILES string of the molecule is CCCCCOC[C@H]1O[C@@H](n2cnc3c(=O)[nH]c(N)nc32)[C@H](OC)[C@@H]1O. The number of anilines is 1. The van der Waals surface area contributed by atoms with Crippen molar-refractivity contribution in [1.82, 2.24) is 19.5 Å². The summed E-state index contributed by atoms with van der Waals surface area (Å²) in [6.45, 7) is 2.99. The molecule has 4 atom stereocenters. The quantitative estimate of drug-likeness (QED) is 0.562. The minimum Gasteiger partial charge on any atom is -0.387 e. The second-order valence-corrected chi connectivity index (χ2v) is 6.31. The van der Waals surface area contributed by atoms with E-state index in [1.54, 1.807) is 4.57 Å². The van der Waals surface area contributed by atoms with Gasteiger partial charge in [-0.15, -0.1) is 0 Å². The molecule has 3 rings (SSSR count). The third kappa shape index (κ3) is 3.58. The van der Waals surface area contributed by atoms with Gasteiger partial charge in [0.25, 0.3) is 5.56 Å². The lowest BCUT2D eigenvalue weighted by Crippen LogP contribution is -2.35. The molecule has 0 unspecified atom stereocenters. The topological polar surface area (TPSA) is 138 Å². The number of hydrogen-bond acceptors (Lipinski definition) is 8. The summed E-state index contributed by atoms with van der Waals surface area (Å²) in [6, 6.07) is 0. The third-order valence-corrected chi connectivity index (χ3v) is 4.48. The molecule has 26 heavy (non-hydrogen) atoms. The van der Waals surface area contributed by atoms with Gasteiger partial charge in [-0.05, 0) is 6.42 Å². The Morgan fingerprint density at radius 1 is 1.46 bits per heavy atom. The van der Waals surface area contributed by atoms with E-state index in [2.05, 4.69) is 21.9 Å². The van der Waals surface area contributed by atoms with Crippen molar-refractivity contribution < 1.29 is 19.3 Å². The molecule has 0 bridgehead atoms. The summed E-state index contributed by atoms with van der Waals surface area (Å²) < 4.78 is 18.5. The highest BCUT2D eigenvalue weighted by Gasteiger charge is 2.45. The van der Waals surface area contributed by atoms with E-state index in [0.29, 0.717) is 6.61 Å². The van der Waals surface area contributed by atoms with Crippen molar-refractivity contribution in [3.63, 3.8) is 0 Å². The summed E-state index contributed by atoms with van der Waals surface area (Å²) in [5.41, 5.74) is 5.61. The van der Waals surface area contributed by atoms with E-state index in [-0.39, 0.29) is 23.7 Å². The lowest BCUT2D eigenvalue weighted by Gasteiger charge is -2.19. The smallest absolute Gasteiger partial charge is 0.280 e. The standard InChI is InChI=1S/C16H25N5O5/c1-3-4-5-6-25-7-9-11(22)12(24-2)15(26-9)21-8-18-10-13(21)19-16(17)20-14(10)23/h8-9,11-12,15,22H,3-7H2,1-2H3,(H3,17,19,20,23)/t9-,11-,12-,15-/m1/s1. The molecule has 10 nitrogen and oxygen atoms in total. The van der Waals surface area contributed by atoms with Gasteiger partial charge in [-0.2, -0.15) is 4.98 Å². The van der Waals surface area contributed by atoms with Crippen LogP contribution in [-0.2, 0) is 14.2 Å². The Balaban J connectivity index is 1.78. The summed E-state index contributed by atoms with van der Waals surface area (Å²) >= 11 is 0. The second-order valence-electron chi connectivity index (χ2n) is 6.31. The average molecular weight is 367 g/mol. The summed E-state index contributed by atoms with van der Waals surface area (Å²) in [5, 5.41) is 10.5. The zero-order valence-corrected chi connectivity index (χ0v) is 14.9. The summed E-state index contributed by atoms with van der Waals surface area (Å²) in [7, 11) is 1.49. The number of aromatic nitrogens is 4. The molecule has 10 heteroatoms. The number of nitrogens with zero attached hydrogens (tertiary/aromatic N) is 3. The van der Waals surface area contributed by atoms with E-state index < -0.39 is 30.1 Å². The lowest BCUT2D eigenvalue weighted by atomic mass is 10.1. The Hall–Kier alpha value is -2.01. The fourth-order valence-electron chi connectivity index (χ4n) is 3.12. The first-order valence-electron chi connectivity index (χ1n) is 8.73. The van der Waals surface area contributed by atoms with Crippen molar-refractivity contribution in [2.75, 3.05) is 26.1 Å². The minimum atomic E-state index is -0.882. The van der Waals surface area contributed by atoms with Gasteiger partial charge in [-0.1, -0.05) is 19.8 Å². The zero-order chi connectivity index (χ0) is 18.7. The van der Waals surface area contributed by atoms with Crippen LogP contribution in [0.15, 0.2) is 11.1 Å². The van der Waals surface area contributed by atoms with Crippen LogP contribution in [0.1, 0.15) is 32.4 Å². The fraction of sp³-hybridized carbons (Fsp3) is 0.688. The van der Waals surface area contributed by atoms with Crippen LogP contribution in [0.2, 0.25) is 0 Å². The van der Waals surface area contributed by atoms with E-state index >= 15 is 0 Å². The number of fused-ring (bicyclic) bond motifs is 1. The molecule has 1 aliphatic rings. The molecule has 2 aromatic rings. The lowest BCUT2D eigenvalue weighted by molar-refractivity contribution is -0.0689. The Kier molecular flexibility index (Phi) is 5.87. The van der Waals surface area contributed by atoms with Gasteiger partial charge in [0.1, 0.15) is 18.3 Å². The summed E-state index contributed by atoms with van der Waals surface area (Å²) in [6.07, 6.45) is 1.82. The van der Waals surface area contributed by atoms with E-state index in [0.717, 1.165) is 19.3 Å². The Morgan fingerprint density at radius 2 is 2.27 bits per heavy atom. The number of rotatable bonds is 8. The Morgan fingerprint density at radius 3 is 3.00 bits per heavy atom. The maximum Gasteiger partial charge on any atom is 0.280 e. The van der Waals surface area contributed by atoms with Gasteiger partial charge in [0, 0.05) is 13.7 Å². The molecule has 0 aliphatic carbocycles. The molecule has 2 aromatic heterocycles. The Labute approximate surface area is 150 Å². The number of H-pyrrole nitrogens is 1. The van der Waals surface area contributed by atoms with E-state index in [1.165, 1.54) is 13.4 Å². The largest absolute Gasteiger partial charge is 0.387 e. The zero-order valence-electron chi connectivity index (χ0n) is 14.9. The molecule has 4 N–H and O–H groups in total. The number of hydrogen-bond donors (Lipinski definition) is 3. The van der Waals surface area contributed by atoms with Crippen LogP contribution in [0.25, 0.3) is 11.2 Å². The van der Waals surface area contributed by atoms with Gasteiger partial charge in [-0.25, -0.2) is 4.98 Å². The first-order chi connectivity index (χ1) is 12.6. The number of nitrogen functional groups attached to an aromatic ring is 1. The molecule has 144 valence electrons. The molecular formula is C16H25N5O5. The molecule has 1 fully saturated rings. The number of aliphatic hydroxyl groups excluding tert-OH is 1. The Bertz CT molecular complexity index is 791. The maximum atomic E-state index is 11.9. The highest BCUT2D eigenvalue weighted by Crippen LogP contribution is 2.33. The second kappa shape index (κ2) is 8.12. The molecule has 0 spiro atoms. The molecule has 1 saturated heterocycles. The van der Waals surface area contributed by atoms with Crippen LogP contribution in [0.3, 0.4) is 0 Å². The van der Waals surface area contributed by atoms with Crippen LogP contribution in [-0.4, -0.2) is 63.3 Å². The first kappa shape index (κ1) is 18.8. The fourth-order valence-corrected chi connectivity index (χ4v) is 3.12. The van der Waals surface area contributed by atoms with Crippen molar-refractivity contribution in [2.24, 2.45) is 0 Å². The molecule has 3 heterocycles. The van der Waals surface area contributed by atoms with Crippen LogP contribution >= 0.6 is 0 Å². The predicted molar refractivity (Wildman–Crippen MR) is 93.6 cm³/mol. The summed E-state index contributed by atoms with van der Waals surface area (Å²) in [4.78, 5) is 22.5. The van der Waals surface area contributed by atoms with Gasteiger partial charge in [-0.3, -0.25) is 14.3 Å². The van der Waals surface area contributed by atoms with E-state index in [4.69, 9.17) is 19.9 Å². The third-order valence-electron chi connectivity index (χ3n) is 4.48. The minimum absolute atomic E-state index is 0.0208. The number of imidazole rings is 1. The maximum absolute atomic E-state index is 11.9. The van der Waals surface area contributed by atoms with Crippen molar-refractivity contribution in [2.45, 2.75) is 50.7 Å². The highest BCUT2D eigenvalue weighted by atomic mass is 16.6. The van der Waals surface area contributed by atoms with Crippen LogP contribution in [0.5, 0.6) is 0 Å². The number of nitrogens with one attached hydrogen (secondary N) is 1. The van der Waals surface area contributed by atoms with Crippen molar-refractivity contribution in [1.29, 1.82) is 0 Å².